The summed E-state index contributed by atoms with van der Waals surface area (Å²) >= 11 is 1.10. The molecule has 0 spiro atoms. The molecule has 0 aromatic rings. The Morgan fingerprint density at radius 1 is 1.40 bits per heavy atom. The molecular formula is C10H18O4S. The molecule has 0 aliphatic heterocycles. The van der Waals surface area contributed by atoms with Crippen LogP contribution in [-0.4, -0.2) is 33.6 Å². The van der Waals surface area contributed by atoms with Crippen LogP contribution < -0.4 is 0 Å². The highest BCUT2D eigenvalue weighted by molar-refractivity contribution is 8.01. The van der Waals surface area contributed by atoms with Gasteiger partial charge in [-0.1, -0.05) is 6.92 Å². The molecule has 15 heavy (non-hydrogen) atoms. The maximum Gasteiger partial charge on any atom is 0.316 e. The van der Waals surface area contributed by atoms with E-state index in [4.69, 9.17) is 9.84 Å². The largest absolute Gasteiger partial charge is 0.480 e. The van der Waals surface area contributed by atoms with Crippen molar-refractivity contribution in [2.75, 3.05) is 5.75 Å². The minimum Gasteiger partial charge on any atom is -0.480 e. The quantitative estimate of drug-likeness (QED) is 0.736. The molecule has 1 unspecified atom stereocenters. The Labute approximate surface area is 94.4 Å². The van der Waals surface area contributed by atoms with Crippen LogP contribution in [-0.2, 0) is 14.3 Å². The molecule has 0 aliphatic rings. The van der Waals surface area contributed by atoms with Crippen molar-refractivity contribution >= 4 is 23.7 Å². The second-order valence-corrected chi connectivity index (χ2v) is 5.32. The van der Waals surface area contributed by atoms with Gasteiger partial charge in [0.05, 0.1) is 5.75 Å². The average molecular weight is 234 g/mol. The predicted octanol–water partition coefficient (Wildman–Crippen LogP) is 1.92. The predicted molar refractivity (Wildman–Crippen MR) is 60.0 cm³/mol. The van der Waals surface area contributed by atoms with Crippen molar-refractivity contribution in [2.24, 2.45) is 0 Å². The SMILES string of the molecule is CCC(SCC(=O)OC(C)(C)C)C(=O)O. The molecular weight excluding hydrogens is 216 g/mol. The molecule has 0 aromatic carbocycles. The highest BCUT2D eigenvalue weighted by Crippen LogP contribution is 2.16. The van der Waals surface area contributed by atoms with Crippen LogP contribution in [0.4, 0.5) is 0 Å². The van der Waals surface area contributed by atoms with E-state index in [9.17, 15) is 9.59 Å². The monoisotopic (exact) mass is 234 g/mol. The summed E-state index contributed by atoms with van der Waals surface area (Å²) in [5.74, 6) is -1.17. The molecule has 5 heteroatoms. The fourth-order valence-electron chi connectivity index (χ4n) is 0.903. The summed E-state index contributed by atoms with van der Waals surface area (Å²) in [5.41, 5.74) is -0.511. The molecule has 0 radical (unpaired) electrons. The van der Waals surface area contributed by atoms with Crippen molar-refractivity contribution in [2.45, 2.75) is 45.0 Å². The summed E-state index contributed by atoms with van der Waals surface area (Å²) in [6.45, 7) is 7.12. The van der Waals surface area contributed by atoms with Gasteiger partial charge in [0.2, 0.25) is 0 Å². The summed E-state index contributed by atoms with van der Waals surface area (Å²) in [7, 11) is 0. The smallest absolute Gasteiger partial charge is 0.316 e. The molecule has 0 bridgehead atoms. The van der Waals surface area contributed by atoms with Gasteiger partial charge in [-0.15, -0.1) is 11.8 Å². The summed E-state index contributed by atoms with van der Waals surface area (Å²) in [4.78, 5) is 21.9. The van der Waals surface area contributed by atoms with Crippen LogP contribution in [0.2, 0.25) is 0 Å². The van der Waals surface area contributed by atoms with Crippen LogP contribution in [0.3, 0.4) is 0 Å². The van der Waals surface area contributed by atoms with Gasteiger partial charge in [-0.3, -0.25) is 9.59 Å². The highest BCUT2D eigenvalue weighted by atomic mass is 32.2. The van der Waals surface area contributed by atoms with Gasteiger partial charge in [-0.05, 0) is 27.2 Å². The van der Waals surface area contributed by atoms with Crippen molar-refractivity contribution < 1.29 is 19.4 Å². The third-order valence-electron chi connectivity index (χ3n) is 1.47. The molecule has 1 N–H and O–H groups in total. The zero-order chi connectivity index (χ0) is 12.1. The Balaban J connectivity index is 3.94. The molecule has 4 nitrogen and oxygen atoms in total. The van der Waals surface area contributed by atoms with Crippen LogP contribution in [0.1, 0.15) is 34.1 Å². The summed E-state index contributed by atoms with van der Waals surface area (Å²) < 4.78 is 5.06. The number of hydrogen-bond acceptors (Lipinski definition) is 4. The van der Waals surface area contributed by atoms with E-state index in [-0.39, 0.29) is 11.7 Å². The Bertz CT molecular complexity index is 232. The van der Waals surface area contributed by atoms with Crippen molar-refractivity contribution in [3.63, 3.8) is 0 Å². The number of esters is 1. The molecule has 0 rings (SSSR count). The first-order chi connectivity index (χ1) is 6.76. The first-order valence-corrected chi connectivity index (χ1v) is 5.87. The van der Waals surface area contributed by atoms with Gasteiger partial charge in [0.25, 0.3) is 0 Å². The summed E-state index contributed by atoms with van der Waals surface area (Å²) in [6, 6.07) is 0. The van der Waals surface area contributed by atoms with Crippen molar-refractivity contribution in [3.05, 3.63) is 0 Å². The molecule has 0 amide bonds. The van der Waals surface area contributed by atoms with Crippen LogP contribution in [0.15, 0.2) is 0 Å². The summed E-state index contributed by atoms with van der Waals surface area (Å²) in [5, 5.41) is 8.22. The Morgan fingerprint density at radius 2 is 1.93 bits per heavy atom. The lowest BCUT2D eigenvalue weighted by atomic mass is 10.2. The molecule has 0 fully saturated rings. The minimum absolute atomic E-state index is 0.0854. The highest BCUT2D eigenvalue weighted by Gasteiger charge is 2.20. The maximum atomic E-state index is 11.3. The number of aliphatic carboxylic acids is 1. The van der Waals surface area contributed by atoms with E-state index >= 15 is 0 Å². The Morgan fingerprint density at radius 3 is 2.27 bits per heavy atom. The third-order valence-corrected chi connectivity index (χ3v) is 2.81. The second-order valence-electron chi connectivity index (χ2n) is 4.13. The van der Waals surface area contributed by atoms with Gasteiger partial charge in [-0.2, -0.15) is 0 Å². The number of hydrogen-bond donors (Lipinski definition) is 1. The molecule has 0 aromatic heterocycles. The van der Waals surface area contributed by atoms with Gasteiger partial charge in [-0.25, -0.2) is 0 Å². The van der Waals surface area contributed by atoms with Crippen molar-refractivity contribution in [1.82, 2.24) is 0 Å². The topological polar surface area (TPSA) is 63.6 Å². The molecule has 88 valence electrons. The average Bonchev–Trinajstić information content (AvgIpc) is 2.01. The van der Waals surface area contributed by atoms with E-state index in [1.165, 1.54) is 0 Å². The molecule has 0 aliphatic carbocycles. The Hall–Kier alpha value is -0.710. The standard InChI is InChI=1S/C10H18O4S/c1-5-7(9(12)13)15-6-8(11)14-10(2,3)4/h7H,5-6H2,1-4H3,(H,12,13). The lowest BCUT2D eigenvalue weighted by Crippen LogP contribution is -2.26. The fraction of sp³-hybridized carbons (Fsp3) is 0.800. The maximum absolute atomic E-state index is 11.3. The van der Waals surface area contributed by atoms with E-state index < -0.39 is 16.8 Å². The Kier molecular flexibility index (Phi) is 5.72. The first kappa shape index (κ1) is 14.3. The van der Waals surface area contributed by atoms with Crippen LogP contribution >= 0.6 is 11.8 Å². The fourth-order valence-corrected chi connectivity index (χ4v) is 1.68. The molecule has 1 atom stereocenters. The second kappa shape index (κ2) is 6.00. The third kappa shape index (κ3) is 7.25. The van der Waals surface area contributed by atoms with E-state index in [2.05, 4.69) is 0 Å². The normalized spacial score (nSPS) is 13.3. The number of rotatable bonds is 5. The zero-order valence-electron chi connectivity index (χ0n) is 9.57. The van der Waals surface area contributed by atoms with Gasteiger partial charge in [0, 0.05) is 0 Å². The number of carboxylic acid groups (broad SMARTS) is 1. The van der Waals surface area contributed by atoms with Crippen LogP contribution in [0, 0.1) is 0 Å². The number of ether oxygens (including phenoxy) is 1. The molecule has 0 heterocycles. The number of carboxylic acids is 1. The van der Waals surface area contributed by atoms with E-state index in [1.807, 2.05) is 0 Å². The minimum atomic E-state index is -0.883. The summed E-state index contributed by atoms with van der Waals surface area (Å²) in [6.07, 6.45) is 0.503. The number of carbonyl (C=O) groups excluding carboxylic acids is 1. The molecule has 0 saturated carbocycles. The van der Waals surface area contributed by atoms with Crippen LogP contribution in [0.25, 0.3) is 0 Å². The van der Waals surface area contributed by atoms with E-state index in [0.717, 1.165) is 11.8 Å². The van der Waals surface area contributed by atoms with Crippen molar-refractivity contribution in [1.29, 1.82) is 0 Å². The first-order valence-electron chi connectivity index (χ1n) is 4.82. The number of carbonyl (C=O) groups is 2. The lowest BCUT2D eigenvalue weighted by Gasteiger charge is -2.19. The van der Waals surface area contributed by atoms with Crippen LogP contribution in [0.5, 0.6) is 0 Å². The van der Waals surface area contributed by atoms with Gasteiger partial charge in [0.1, 0.15) is 10.9 Å². The van der Waals surface area contributed by atoms with Crippen molar-refractivity contribution in [3.8, 4) is 0 Å². The molecule has 0 saturated heterocycles. The number of thioether (sulfide) groups is 1. The zero-order valence-corrected chi connectivity index (χ0v) is 10.4. The van der Waals surface area contributed by atoms with Gasteiger partial charge >= 0.3 is 11.9 Å². The lowest BCUT2D eigenvalue weighted by molar-refractivity contribution is -0.151. The van der Waals surface area contributed by atoms with Gasteiger partial charge in [0.15, 0.2) is 0 Å². The van der Waals surface area contributed by atoms with Gasteiger partial charge < -0.3 is 9.84 Å². The van der Waals surface area contributed by atoms with E-state index in [1.54, 1.807) is 27.7 Å². The van der Waals surface area contributed by atoms with E-state index in [0.29, 0.717) is 6.42 Å².